The van der Waals surface area contributed by atoms with Crippen LogP contribution in [-0.2, 0) is 0 Å². The van der Waals surface area contributed by atoms with E-state index in [-0.39, 0.29) is 12.6 Å². The molecule has 0 unspecified atom stereocenters. The van der Waals surface area contributed by atoms with Gasteiger partial charge in [0, 0.05) is 6.04 Å². The third kappa shape index (κ3) is 3.07. The lowest BCUT2D eigenvalue weighted by Gasteiger charge is -2.38. The smallest absolute Gasteiger partial charge is 0.0626 e. The van der Waals surface area contributed by atoms with E-state index in [1.54, 1.807) is 0 Å². The fourth-order valence-corrected chi connectivity index (χ4v) is 4.25. The van der Waals surface area contributed by atoms with Crippen LogP contribution in [0.3, 0.4) is 0 Å². The Morgan fingerprint density at radius 3 is 2.30 bits per heavy atom. The molecule has 2 saturated carbocycles. The largest absolute Gasteiger partial charge is 0.394 e. The Morgan fingerprint density at radius 2 is 1.70 bits per heavy atom. The lowest BCUT2D eigenvalue weighted by Crippen LogP contribution is -2.39. The van der Waals surface area contributed by atoms with E-state index in [4.69, 9.17) is 0 Å². The van der Waals surface area contributed by atoms with Gasteiger partial charge in [-0.2, -0.15) is 0 Å². The van der Waals surface area contributed by atoms with Crippen LogP contribution in [0.15, 0.2) is 30.3 Å². The quantitative estimate of drug-likeness (QED) is 0.874. The van der Waals surface area contributed by atoms with Gasteiger partial charge in [0.05, 0.1) is 12.6 Å². The van der Waals surface area contributed by atoms with Crippen LogP contribution in [0.1, 0.15) is 63.0 Å². The van der Waals surface area contributed by atoms with Crippen molar-refractivity contribution in [3.8, 4) is 0 Å². The van der Waals surface area contributed by atoms with E-state index in [9.17, 15) is 5.11 Å². The van der Waals surface area contributed by atoms with E-state index in [0.717, 1.165) is 0 Å². The van der Waals surface area contributed by atoms with Gasteiger partial charge in [-0.25, -0.2) is 0 Å². The first kappa shape index (κ1) is 14.1. The average molecular weight is 273 g/mol. The number of aliphatic hydroxyl groups is 1. The van der Waals surface area contributed by atoms with Crippen LogP contribution in [0.5, 0.6) is 0 Å². The number of aliphatic hydroxyl groups excluding tert-OH is 1. The zero-order chi connectivity index (χ0) is 13.8. The second-order valence-corrected chi connectivity index (χ2v) is 6.79. The minimum Gasteiger partial charge on any atom is -0.394 e. The lowest BCUT2D eigenvalue weighted by atomic mass is 9.71. The van der Waals surface area contributed by atoms with Gasteiger partial charge in [-0.15, -0.1) is 0 Å². The molecular formula is C18H27NO. The van der Waals surface area contributed by atoms with Crippen LogP contribution in [0.2, 0.25) is 0 Å². The molecule has 2 nitrogen and oxygen atoms in total. The van der Waals surface area contributed by atoms with Gasteiger partial charge < -0.3 is 10.4 Å². The summed E-state index contributed by atoms with van der Waals surface area (Å²) >= 11 is 0. The molecule has 1 spiro atoms. The molecule has 0 aliphatic heterocycles. The number of rotatable bonds is 4. The highest BCUT2D eigenvalue weighted by Crippen LogP contribution is 2.49. The van der Waals surface area contributed by atoms with Gasteiger partial charge >= 0.3 is 0 Å². The number of nitrogens with one attached hydrogen (secondary N) is 1. The number of hydrogen-bond acceptors (Lipinski definition) is 2. The van der Waals surface area contributed by atoms with E-state index in [1.807, 2.05) is 18.2 Å². The molecule has 0 heterocycles. The molecule has 1 aromatic carbocycles. The van der Waals surface area contributed by atoms with Gasteiger partial charge in [0.2, 0.25) is 0 Å². The molecule has 2 N–H and O–H groups in total. The highest BCUT2D eigenvalue weighted by atomic mass is 16.3. The third-order valence-corrected chi connectivity index (χ3v) is 5.53. The Bertz CT molecular complexity index is 401. The molecule has 20 heavy (non-hydrogen) atoms. The van der Waals surface area contributed by atoms with Gasteiger partial charge in [-0.05, 0) is 49.5 Å². The first-order valence-corrected chi connectivity index (χ1v) is 8.23. The van der Waals surface area contributed by atoms with Crippen molar-refractivity contribution in [2.45, 2.75) is 63.5 Å². The van der Waals surface area contributed by atoms with Crippen LogP contribution in [-0.4, -0.2) is 17.8 Å². The maximum absolute atomic E-state index is 9.65. The fraction of sp³-hybridized carbons (Fsp3) is 0.667. The zero-order valence-corrected chi connectivity index (χ0v) is 12.4. The van der Waals surface area contributed by atoms with Crippen molar-refractivity contribution in [2.75, 3.05) is 6.61 Å². The molecule has 0 saturated heterocycles. The van der Waals surface area contributed by atoms with E-state index in [1.165, 1.54) is 56.9 Å². The van der Waals surface area contributed by atoms with Gasteiger partial charge in [0.25, 0.3) is 0 Å². The highest BCUT2D eigenvalue weighted by molar-refractivity contribution is 5.19. The van der Waals surface area contributed by atoms with E-state index in [0.29, 0.717) is 11.5 Å². The van der Waals surface area contributed by atoms with Crippen molar-refractivity contribution in [1.82, 2.24) is 5.32 Å². The molecule has 2 aliphatic carbocycles. The standard InChI is InChI=1S/C18H27NO/c20-14-17(15-6-2-1-3-7-15)19-16-8-12-18(13-9-16)10-4-5-11-18/h1-3,6-7,16-17,19-20H,4-5,8-14H2/t17-/m1/s1. The molecule has 0 amide bonds. The van der Waals surface area contributed by atoms with Gasteiger partial charge in [0.15, 0.2) is 0 Å². The lowest BCUT2D eigenvalue weighted by molar-refractivity contribution is 0.150. The van der Waals surface area contributed by atoms with Crippen molar-refractivity contribution in [2.24, 2.45) is 5.41 Å². The van der Waals surface area contributed by atoms with Crippen LogP contribution in [0, 0.1) is 5.41 Å². The number of benzene rings is 1. The molecule has 3 rings (SSSR count). The van der Waals surface area contributed by atoms with Crippen LogP contribution in [0.4, 0.5) is 0 Å². The summed E-state index contributed by atoms with van der Waals surface area (Å²) in [5.74, 6) is 0. The Morgan fingerprint density at radius 1 is 1.05 bits per heavy atom. The maximum atomic E-state index is 9.65. The SMILES string of the molecule is OC[C@@H](NC1CCC2(CCCC2)CC1)c1ccccc1. The Kier molecular flexibility index (Phi) is 4.42. The molecule has 0 aromatic heterocycles. The molecule has 2 heteroatoms. The number of hydrogen-bond donors (Lipinski definition) is 2. The summed E-state index contributed by atoms with van der Waals surface area (Å²) in [6, 6.07) is 11.0. The molecule has 1 aromatic rings. The third-order valence-electron chi connectivity index (χ3n) is 5.53. The normalized spacial score (nSPS) is 24.1. The summed E-state index contributed by atoms with van der Waals surface area (Å²) in [5, 5.41) is 13.3. The van der Waals surface area contributed by atoms with Crippen LogP contribution < -0.4 is 5.32 Å². The minimum atomic E-state index is 0.0961. The molecule has 0 radical (unpaired) electrons. The minimum absolute atomic E-state index is 0.0961. The summed E-state index contributed by atoms with van der Waals surface area (Å²) in [5.41, 5.74) is 1.90. The molecule has 110 valence electrons. The molecule has 1 atom stereocenters. The second kappa shape index (κ2) is 6.28. The van der Waals surface area contributed by atoms with Crippen molar-refractivity contribution < 1.29 is 5.11 Å². The van der Waals surface area contributed by atoms with Crippen LogP contribution >= 0.6 is 0 Å². The first-order chi connectivity index (χ1) is 9.81. The summed E-state index contributed by atoms with van der Waals surface area (Å²) in [6.07, 6.45) is 11.1. The fourth-order valence-electron chi connectivity index (χ4n) is 4.25. The summed E-state index contributed by atoms with van der Waals surface area (Å²) < 4.78 is 0. The van der Waals surface area contributed by atoms with Crippen molar-refractivity contribution >= 4 is 0 Å². The topological polar surface area (TPSA) is 32.3 Å². The summed E-state index contributed by atoms with van der Waals surface area (Å²) in [6.45, 7) is 0.186. The van der Waals surface area contributed by atoms with E-state index >= 15 is 0 Å². The van der Waals surface area contributed by atoms with E-state index in [2.05, 4.69) is 17.4 Å². The second-order valence-electron chi connectivity index (χ2n) is 6.79. The monoisotopic (exact) mass is 273 g/mol. The van der Waals surface area contributed by atoms with Gasteiger partial charge in [-0.3, -0.25) is 0 Å². The molecule has 2 aliphatic rings. The molecular weight excluding hydrogens is 246 g/mol. The Balaban J connectivity index is 1.55. The molecule has 0 bridgehead atoms. The Labute approximate surface area is 122 Å². The van der Waals surface area contributed by atoms with Crippen molar-refractivity contribution in [3.63, 3.8) is 0 Å². The summed E-state index contributed by atoms with van der Waals surface area (Å²) in [7, 11) is 0. The first-order valence-electron chi connectivity index (χ1n) is 8.23. The highest BCUT2D eigenvalue weighted by Gasteiger charge is 2.37. The van der Waals surface area contributed by atoms with Gasteiger partial charge in [-0.1, -0.05) is 43.2 Å². The maximum Gasteiger partial charge on any atom is 0.0626 e. The van der Waals surface area contributed by atoms with Crippen LogP contribution in [0.25, 0.3) is 0 Å². The predicted molar refractivity (Wildman–Crippen MR) is 82.6 cm³/mol. The van der Waals surface area contributed by atoms with Crippen molar-refractivity contribution in [1.29, 1.82) is 0 Å². The Hall–Kier alpha value is -0.860. The van der Waals surface area contributed by atoms with Gasteiger partial charge in [0.1, 0.15) is 0 Å². The van der Waals surface area contributed by atoms with E-state index < -0.39 is 0 Å². The zero-order valence-electron chi connectivity index (χ0n) is 12.4. The van der Waals surface area contributed by atoms with Crippen molar-refractivity contribution in [3.05, 3.63) is 35.9 Å². The molecule has 2 fully saturated rings. The predicted octanol–water partition coefficient (Wildman–Crippen LogP) is 3.81. The average Bonchev–Trinajstić information content (AvgIpc) is 2.96. The summed E-state index contributed by atoms with van der Waals surface area (Å²) in [4.78, 5) is 0.